The van der Waals surface area contributed by atoms with Crippen LogP contribution >= 0.6 is 0 Å². The molecular formula is C20H21NO5. The van der Waals surface area contributed by atoms with E-state index in [1.54, 1.807) is 54.8 Å². The monoisotopic (exact) mass is 355 g/mol. The minimum atomic E-state index is -1.53. The molecule has 6 nitrogen and oxygen atoms in total. The Labute approximate surface area is 151 Å². The lowest BCUT2D eigenvalue weighted by molar-refractivity contribution is -0.166. The van der Waals surface area contributed by atoms with Gasteiger partial charge < -0.3 is 14.0 Å². The van der Waals surface area contributed by atoms with Crippen molar-refractivity contribution in [1.82, 2.24) is 4.57 Å². The van der Waals surface area contributed by atoms with Crippen molar-refractivity contribution < 1.29 is 23.9 Å². The quantitative estimate of drug-likeness (QED) is 0.468. The molecule has 1 aliphatic heterocycles. The van der Waals surface area contributed by atoms with Crippen molar-refractivity contribution in [2.75, 3.05) is 7.11 Å². The van der Waals surface area contributed by atoms with Crippen LogP contribution in [0, 0.1) is 0 Å². The number of fused-ring (bicyclic) bond motifs is 1. The number of nitrogens with zero attached hydrogens (tertiary/aromatic N) is 1. The maximum Gasteiger partial charge on any atom is 0.329 e. The summed E-state index contributed by atoms with van der Waals surface area (Å²) < 4.78 is 12.0. The molecule has 0 spiro atoms. The van der Waals surface area contributed by atoms with E-state index < -0.39 is 17.4 Å². The fourth-order valence-electron chi connectivity index (χ4n) is 3.41. The van der Waals surface area contributed by atoms with Gasteiger partial charge in [0.25, 0.3) is 0 Å². The van der Waals surface area contributed by atoms with Crippen molar-refractivity contribution in [3.63, 3.8) is 0 Å². The average molecular weight is 355 g/mol. The zero-order chi connectivity index (χ0) is 18.9. The molecular weight excluding hydrogens is 334 g/mol. The van der Waals surface area contributed by atoms with E-state index in [-0.39, 0.29) is 18.3 Å². The number of aromatic nitrogens is 1. The van der Waals surface area contributed by atoms with E-state index in [1.807, 2.05) is 6.07 Å². The smallest absolute Gasteiger partial charge is 0.329 e. The lowest BCUT2D eigenvalue weighted by Gasteiger charge is -2.24. The molecule has 2 aromatic rings. The van der Waals surface area contributed by atoms with Crippen LogP contribution in [0.5, 0.6) is 0 Å². The molecule has 0 amide bonds. The van der Waals surface area contributed by atoms with Gasteiger partial charge in [-0.05, 0) is 32.4 Å². The van der Waals surface area contributed by atoms with Gasteiger partial charge in [-0.25, -0.2) is 0 Å². The van der Waals surface area contributed by atoms with E-state index in [4.69, 9.17) is 9.47 Å². The zero-order valence-electron chi connectivity index (χ0n) is 15.0. The second-order valence-corrected chi connectivity index (χ2v) is 6.55. The van der Waals surface area contributed by atoms with Gasteiger partial charge in [0.15, 0.2) is 0 Å². The molecule has 1 aromatic carbocycles. The molecule has 3 rings (SSSR count). The highest BCUT2D eigenvalue weighted by atomic mass is 16.6. The van der Waals surface area contributed by atoms with Gasteiger partial charge in [0.2, 0.25) is 11.2 Å². The van der Waals surface area contributed by atoms with Crippen LogP contribution in [0.4, 0.5) is 0 Å². The third kappa shape index (κ3) is 2.71. The minimum Gasteiger partial charge on any atom is -0.468 e. The van der Waals surface area contributed by atoms with Crippen molar-refractivity contribution in [2.24, 2.45) is 0 Å². The van der Waals surface area contributed by atoms with E-state index in [0.717, 1.165) is 0 Å². The number of ether oxygens (including phenoxy) is 2. The Morgan fingerprint density at radius 3 is 2.35 bits per heavy atom. The van der Waals surface area contributed by atoms with E-state index in [2.05, 4.69) is 0 Å². The van der Waals surface area contributed by atoms with Gasteiger partial charge in [0, 0.05) is 17.8 Å². The van der Waals surface area contributed by atoms with Gasteiger partial charge in [-0.2, -0.15) is 0 Å². The van der Waals surface area contributed by atoms with E-state index in [9.17, 15) is 14.4 Å². The zero-order valence-corrected chi connectivity index (χ0v) is 15.0. The van der Waals surface area contributed by atoms with Crippen LogP contribution < -0.4 is 0 Å². The lowest BCUT2D eigenvalue weighted by atomic mass is 9.83. The summed E-state index contributed by atoms with van der Waals surface area (Å²) >= 11 is 0. The molecule has 0 N–H and O–H groups in total. The molecule has 1 unspecified atom stereocenters. The number of methoxy groups -OCH3 is 1. The van der Waals surface area contributed by atoms with Crippen molar-refractivity contribution in [2.45, 2.75) is 38.3 Å². The Kier molecular flexibility index (Phi) is 4.68. The van der Waals surface area contributed by atoms with E-state index in [1.165, 1.54) is 7.11 Å². The standard InChI is InChI=1S/C20H21NO5/c1-13(2)26-19(24)20(18(23)25-3)11-12-21-15(9-10-16(20)21)17(22)14-7-5-4-6-8-14/h4-10,13H,11-12H2,1-3H3. The first-order valence-electron chi connectivity index (χ1n) is 8.51. The van der Waals surface area contributed by atoms with Crippen LogP contribution in [0.1, 0.15) is 42.0 Å². The Balaban J connectivity index is 2.05. The van der Waals surface area contributed by atoms with Gasteiger partial charge >= 0.3 is 11.9 Å². The minimum absolute atomic E-state index is 0.158. The van der Waals surface area contributed by atoms with Gasteiger partial charge in [-0.3, -0.25) is 14.4 Å². The maximum atomic E-state index is 12.8. The number of hydrogen-bond acceptors (Lipinski definition) is 5. The van der Waals surface area contributed by atoms with Gasteiger partial charge in [0.05, 0.1) is 18.9 Å². The van der Waals surface area contributed by atoms with Crippen LogP contribution in [0.2, 0.25) is 0 Å². The number of benzene rings is 1. The summed E-state index contributed by atoms with van der Waals surface area (Å²) in [5, 5.41) is 0. The van der Waals surface area contributed by atoms with Crippen LogP contribution in [0.15, 0.2) is 42.5 Å². The summed E-state index contributed by atoms with van der Waals surface area (Å²) in [4.78, 5) is 38.1. The number of rotatable bonds is 5. The summed E-state index contributed by atoms with van der Waals surface area (Å²) in [6, 6.07) is 12.2. The predicted octanol–water partition coefficient (Wildman–Crippen LogP) is 2.49. The number of esters is 2. The summed E-state index contributed by atoms with van der Waals surface area (Å²) in [5.41, 5.74) is -0.105. The first-order chi connectivity index (χ1) is 12.4. The van der Waals surface area contributed by atoms with Crippen molar-refractivity contribution >= 4 is 17.7 Å². The maximum absolute atomic E-state index is 12.8. The highest BCUT2D eigenvalue weighted by Crippen LogP contribution is 2.39. The first kappa shape index (κ1) is 17.9. The molecule has 0 fully saturated rings. The molecule has 0 bridgehead atoms. The summed E-state index contributed by atoms with van der Waals surface area (Å²) in [6.07, 6.45) is -0.158. The number of carbonyl (C=O) groups is 3. The van der Waals surface area contributed by atoms with E-state index >= 15 is 0 Å². The third-order valence-corrected chi connectivity index (χ3v) is 4.62. The van der Waals surface area contributed by atoms with Crippen molar-refractivity contribution in [3.05, 3.63) is 59.4 Å². The Morgan fingerprint density at radius 2 is 1.73 bits per heavy atom. The molecule has 136 valence electrons. The second kappa shape index (κ2) is 6.78. The molecule has 1 aliphatic rings. The molecule has 0 radical (unpaired) electrons. The second-order valence-electron chi connectivity index (χ2n) is 6.55. The first-order valence-corrected chi connectivity index (χ1v) is 8.51. The molecule has 0 aliphatic carbocycles. The van der Waals surface area contributed by atoms with Crippen LogP contribution in [-0.4, -0.2) is 35.5 Å². The largest absolute Gasteiger partial charge is 0.468 e. The molecule has 26 heavy (non-hydrogen) atoms. The Morgan fingerprint density at radius 1 is 1.04 bits per heavy atom. The average Bonchev–Trinajstić information content (AvgIpc) is 3.21. The number of carbonyl (C=O) groups excluding carboxylic acids is 3. The summed E-state index contributed by atoms with van der Waals surface area (Å²) in [5.74, 6) is -1.47. The van der Waals surface area contributed by atoms with Crippen molar-refractivity contribution in [1.29, 1.82) is 0 Å². The van der Waals surface area contributed by atoms with Crippen molar-refractivity contribution in [3.8, 4) is 0 Å². The highest BCUT2D eigenvalue weighted by molar-refractivity contribution is 6.10. The van der Waals surface area contributed by atoms with Gasteiger partial charge in [-0.1, -0.05) is 30.3 Å². The topological polar surface area (TPSA) is 74.6 Å². The fourth-order valence-corrected chi connectivity index (χ4v) is 3.41. The summed E-state index contributed by atoms with van der Waals surface area (Å²) in [6.45, 7) is 3.81. The third-order valence-electron chi connectivity index (χ3n) is 4.62. The molecule has 1 atom stereocenters. The van der Waals surface area contributed by atoms with Gasteiger partial charge in [-0.15, -0.1) is 0 Å². The van der Waals surface area contributed by atoms with Crippen LogP contribution in [-0.2, 0) is 31.0 Å². The van der Waals surface area contributed by atoms with E-state index in [0.29, 0.717) is 23.5 Å². The molecule has 0 saturated heterocycles. The molecule has 6 heteroatoms. The molecule has 2 heterocycles. The van der Waals surface area contributed by atoms with Gasteiger partial charge in [0.1, 0.15) is 0 Å². The predicted molar refractivity (Wildman–Crippen MR) is 93.8 cm³/mol. The van der Waals surface area contributed by atoms with Crippen LogP contribution in [0.25, 0.3) is 0 Å². The highest BCUT2D eigenvalue weighted by Gasteiger charge is 2.55. The molecule has 1 aromatic heterocycles. The lowest BCUT2D eigenvalue weighted by Crippen LogP contribution is -2.45. The number of hydrogen-bond donors (Lipinski definition) is 0. The SMILES string of the molecule is COC(=O)C1(C(=O)OC(C)C)CCn2c(C(=O)c3ccccc3)ccc21. The fraction of sp³-hybridized carbons (Fsp3) is 0.350. The normalized spacial score (nSPS) is 18.5. The Bertz CT molecular complexity index is 852. The Hall–Kier alpha value is -2.89. The van der Waals surface area contributed by atoms with Crippen LogP contribution in [0.3, 0.4) is 0 Å². The molecule has 0 saturated carbocycles. The number of ketones is 1. The summed E-state index contributed by atoms with van der Waals surface area (Å²) in [7, 11) is 1.24.